The summed E-state index contributed by atoms with van der Waals surface area (Å²) in [5.74, 6) is 1.88. The van der Waals surface area contributed by atoms with E-state index in [-0.39, 0.29) is 42.7 Å². The molecule has 0 spiro atoms. The third-order valence-corrected chi connectivity index (χ3v) is 9.22. The minimum absolute atomic E-state index is 0.116. The van der Waals surface area contributed by atoms with Crippen LogP contribution in [-0.4, -0.2) is 76.1 Å². The predicted molar refractivity (Wildman–Crippen MR) is 203 cm³/mol. The standard InChI is InChI=1S/C40H44F3N7O5/c1-25-18-32(46-34(19-25)48(22-27-8-12-29(53-6)13-9-27)23-28-10-14-30(54-7)15-11-28)35-31(40(41,42)43)20-33-36(44-24-45-50(33)37(35)51)49-17-16-47(21-26(49)2)38(52)55-39(3,4)5/h8-15,18-20,24,26H,16-17,21-23H2,1-7H3/t26-/m0/s1. The van der Waals surface area contributed by atoms with E-state index in [1.807, 2.05) is 60.4 Å². The van der Waals surface area contributed by atoms with Gasteiger partial charge in [0.05, 0.1) is 31.0 Å². The van der Waals surface area contributed by atoms with Crippen LogP contribution in [0.3, 0.4) is 0 Å². The van der Waals surface area contributed by atoms with Crippen molar-refractivity contribution < 1.29 is 32.2 Å². The van der Waals surface area contributed by atoms with Crippen molar-refractivity contribution in [1.29, 1.82) is 0 Å². The lowest BCUT2D eigenvalue weighted by Crippen LogP contribution is -2.55. The van der Waals surface area contributed by atoms with E-state index in [9.17, 15) is 9.59 Å². The van der Waals surface area contributed by atoms with Crippen LogP contribution < -0.4 is 24.8 Å². The van der Waals surface area contributed by atoms with Crippen LogP contribution in [0.15, 0.2) is 77.9 Å². The lowest BCUT2D eigenvalue weighted by molar-refractivity contribution is -0.137. The van der Waals surface area contributed by atoms with Gasteiger partial charge in [0.2, 0.25) is 0 Å². The van der Waals surface area contributed by atoms with Crippen molar-refractivity contribution in [3.63, 3.8) is 0 Å². The van der Waals surface area contributed by atoms with E-state index in [1.165, 1.54) is 6.07 Å². The van der Waals surface area contributed by atoms with Crippen LogP contribution in [-0.2, 0) is 24.0 Å². The number of fused-ring (bicyclic) bond motifs is 1. The number of aryl methyl sites for hydroxylation is 1. The number of pyridine rings is 2. The lowest BCUT2D eigenvalue weighted by atomic mass is 10.0. The summed E-state index contributed by atoms with van der Waals surface area (Å²) in [6.07, 6.45) is -4.27. The molecule has 5 aromatic rings. The highest BCUT2D eigenvalue weighted by Gasteiger charge is 2.38. The number of aromatic nitrogens is 4. The van der Waals surface area contributed by atoms with E-state index in [0.29, 0.717) is 36.0 Å². The Bertz CT molecular complexity index is 2170. The van der Waals surface area contributed by atoms with Crippen molar-refractivity contribution in [3.8, 4) is 22.8 Å². The summed E-state index contributed by atoms with van der Waals surface area (Å²) >= 11 is 0. The molecular formula is C40H44F3N7O5. The average Bonchev–Trinajstić information content (AvgIpc) is 3.13. The molecule has 1 amide bonds. The SMILES string of the molecule is COc1ccc(CN(Cc2ccc(OC)cc2)c2cc(C)cc(-c3c(C(F)(F)F)cc4c(N5CCN(C(=O)OC(C)(C)C)C[C@@H]5C)ncnn4c3=O)n2)cc1. The van der Waals surface area contributed by atoms with Gasteiger partial charge in [0, 0.05) is 38.8 Å². The maximum atomic E-state index is 15.1. The first-order valence-corrected chi connectivity index (χ1v) is 17.8. The summed E-state index contributed by atoms with van der Waals surface area (Å²) < 4.78 is 62.4. The molecular weight excluding hydrogens is 715 g/mol. The maximum absolute atomic E-state index is 15.1. The van der Waals surface area contributed by atoms with E-state index in [2.05, 4.69) is 10.1 Å². The number of nitrogens with zero attached hydrogens (tertiary/aromatic N) is 7. The number of carbonyl (C=O) groups is 1. The zero-order chi connectivity index (χ0) is 39.7. The number of alkyl halides is 3. The minimum atomic E-state index is -4.94. The van der Waals surface area contributed by atoms with Crippen LogP contribution in [0.2, 0.25) is 0 Å². The number of rotatable bonds is 9. The summed E-state index contributed by atoms with van der Waals surface area (Å²) in [4.78, 5) is 41.4. The third kappa shape index (κ3) is 8.76. The van der Waals surface area contributed by atoms with Crippen molar-refractivity contribution in [2.75, 3.05) is 43.7 Å². The van der Waals surface area contributed by atoms with Crippen LogP contribution in [0.5, 0.6) is 11.5 Å². The van der Waals surface area contributed by atoms with Crippen LogP contribution in [0.25, 0.3) is 16.8 Å². The highest BCUT2D eigenvalue weighted by atomic mass is 19.4. The zero-order valence-corrected chi connectivity index (χ0v) is 31.8. The Kier molecular flexibility index (Phi) is 10.9. The number of methoxy groups -OCH3 is 2. The Morgan fingerprint density at radius 3 is 2.04 bits per heavy atom. The maximum Gasteiger partial charge on any atom is 0.417 e. The van der Waals surface area contributed by atoms with Crippen molar-refractivity contribution in [2.24, 2.45) is 0 Å². The van der Waals surface area contributed by atoms with Gasteiger partial charge in [-0.3, -0.25) is 4.79 Å². The molecule has 2 aromatic carbocycles. The molecule has 0 radical (unpaired) electrons. The number of ether oxygens (including phenoxy) is 3. The van der Waals surface area contributed by atoms with Crippen LogP contribution in [0.1, 0.15) is 49.9 Å². The van der Waals surface area contributed by atoms with E-state index >= 15 is 13.2 Å². The lowest BCUT2D eigenvalue weighted by Gasteiger charge is -2.41. The number of hydrogen-bond donors (Lipinski definition) is 0. The molecule has 0 aliphatic carbocycles. The second-order valence-electron chi connectivity index (χ2n) is 14.5. The molecule has 1 aliphatic rings. The minimum Gasteiger partial charge on any atom is -0.497 e. The van der Waals surface area contributed by atoms with Gasteiger partial charge in [0.1, 0.15) is 34.8 Å². The third-order valence-electron chi connectivity index (χ3n) is 9.22. The second-order valence-corrected chi connectivity index (χ2v) is 14.5. The smallest absolute Gasteiger partial charge is 0.417 e. The highest BCUT2D eigenvalue weighted by molar-refractivity contribution is 5.76. The molecule has 4 heterocycles. The molecule has 1 fully saturated rings. The van der Waals surface area contributed by atoms with Gasteiger partial charge < -0.3 is 28.9 Å². The Hall–Kier alpha value is -5.86. The number of benzene rings is 2. The quantitative estimate of drug-likeness (QED) is 0.154. The van der Waals surface area contributed by atoms with Gasteiger partial charge in [-0.25, -0.2) is 14.8 Å². The first-order chi connectivity index (χ1) is 26.0. The summed E-state index contributed by atoms with van der Waals surface area (Å²) in [5.41, 5.74) is -1.30. The number of halogens is 3. The van der Waals surface area contributed by atoms with E-state index < -0.39 is 34.6 Å². The molecule has 1 aliphatic heterocycles. The molecule has 0 N–H and O–H groups in total. The number of hydrogen-bond acceptors (Lipinski definition) is 10. The molecule has 6 rings (SSSR count). The summed E-state index contributed by atoms with van der Waals surface area (Å²) in [7, 11) is 3.16. The van der Waals surface area contributed by atoms with Gasteiger partial charge in [-0.1, -0.05) is 24.3 Å². The summed E-state index contributed by atoms with van der Waals surface area (Å²) in [6.45, 7) is 10.3. The Labute approximate surface area is 317 Å². The number of carbonyl (C=O) groups excluding carboxylic acids is 1. The molecule has 1 atom stereocenters. The van der Waals surface area contributed by atoms with Gasteiger partial charge in [-0.05, 0) is 93.8 Å². The molecule has 12 nitrogen and oxygen atoms in total. The summed E-state index contributed by atoms with van der Waals surface area (Å²) in [6, 6.07) is 18.8. The monoisotopic (exact) mass is 759 g/mol. The molecule has 55 heavy (non-hydrogen) atoms. The van der Waals surface area contributed by atoms with Crippen LogP contribution >= 0.6 is 0 Å². The molecule has 0 bridgehead atoms. The second kappa shape index (κ2) is 15.5. The van der Waals surface area contributed by atoms with Gasteiger partial charge in [0.25, 0.3) is 5.56 Å². The fraction of sp³-hybridized carbons (Fsp3) is 0.375. The largest absolute Gasteiger partial charge is 0.497 e. The Morgan fingerprint density at radius 2 is 1.51 bits per heavy atom. The van der Waals surface area contributed by atoms with Gasteiger partial charge in [-0.15, -0.1) is 0 Å². The Morgan fingerprint density at radius 1 is 0.909 bits per heavy atom. The molecule has 15 heteroatoms. The Balaban J connectivity index is 1.42. The highest BCUT2D eigenvalue weighted by Crippen LogP contribution is 2.38. The van der Waals surface area contributed by atoms with Crippen molar-refractivity contribution in [2.45, 2.75) is 65.5 Å². The summed E-state index contributed by atoms with van der Waals surface area (Å²) in [5, 5.41) is 4.13. The number of piperazine rings is 1. The van der Waals surface area contributed by atoms with Crippen molar-refractivity contribution >= 4 is 23.2 Å². The van der Waals surface area contributed by atoms with E-state index in [0.717, 1.165) is 28.0 Å². The molecule has 1 saturated heterocycles. The normalized spacial score (nSPS) is 14.9. The average molecular weight is 760 g/mol. The molecule has 0 unspecified atom stereocenters. The van der Waals surface area contributed by atoms with Gasteiger partial charge in [-0.2, -0.15) is 22.8 Å². The predicted octanol–water partition coefficient (Wildman–Crippen LogP) is 7.15. The fourth-order valence-corrected chi connectivity index (χ4v) is 6.59. The van der Waals surface area contributed by atoms with E-state index in [4.69, 9.17) is 19.2 Å². The van der Waals surface area contributed by atoms with Crippen molar-refractivity contribution in [3.05, 3.63) is 106 Å². The topological polar surface area (TPSA) is 115 Å². The molecule has 3 aromatic heterocycles. The first-order valence-electron chi connectivity index (χ1n) is 17.8. The van der Waals surface area contributed by atoms with Crippen LogP contribution in [0, 0.1) is 6.92 Å². The molecule has 290 valence electrons. The first kappa shape index (κ1) is 38.9. The van der Waals surface area contributed by atoms with Crippen molar-refractivity contribution in [1.82, 2.24) is 24.5 Å². The zero-order valence-electron chi connectivity index (χ0n) is 31.8. The number of anilines is 2. The molecule has 0 saturated carbocycles. The number of amides is 1. The van der Waals surface area contributed by atoms with Gasteiger partial charge >= 0.3 is 12.3 Å². The van der Waals surface area contributed by atoms with Crippen LogP contribution in [0.4, 0.5) is 29.6 Å². The van der Waals surface area contributed by atoms with E-state index in [1.54, 1.807) is 57.8 Å². The van der Waals surface area contributed by atoms with Gasteiger partial charge in [0.15, 0.2) is 5.82 Å². The fourth-order valence-electron chi connectivity index (χ4n) is 6.59.